The van der Waals surface area contributed by atoms with E-state index in [0.29, 0.717) is 5.78 Å². The summed E-state index contributed by atoms with van der Waals surface area (Å²) in [6, 6.07) is 0. The molecule has 0 amide bonds. The van der Waals surface area contributed by atoms with Crippen molar-refractivity contribution in [1.82, 2.24) is 0 Å². The molecule has 0 bridgehead atoms. The molecule has 1 fully saturated rings. The SMILES string of the molecule is CCN=CC1CCCCC1=O. The van der Waals surface area contributed by atoms with E-state index in [1.165, 1.54) is 6.42 Å². The number of carbonyl (C=O) groups is 1. The fourth-order valence-electron chi connectivity index (χ4n) is 1.40. The highest BCUT2D eigenvalue weighted by molar-refractivity contribution is 5.95. The summed E-state index contributed by atoms with van der Waals surface area (Å²) in [5, 5.41) is 0. The molecule has 2 heteroatoms. The second kappa shape index (κ2) is 4.27. The van der Waals surface area contributed by atoms with Gasteiger partial charge in [-0.15, -0.1) is 0 Å². The Labute approximate surface area is 67.7 Å². The zero-order chi connectivity index (χ0) is 8.10. The lowest BCUT2D eigenvalue weighted by atomic mass is 9.89. The number of hydrogen-bond acceptors (Lipinski definition) is 2. The molecule has 0 aromatic heterocycles. The highest BCUT2D eigenvalue weighted by Crippen LogP contribution is 2.18. The van der Waals surface area contributed by atoms with Crippen molar-refractivity contribution >= 4 is 12.0 Å². The molecule has 1 aliphatic carbocycles. The Morgan fingerprint density at radius 3 is 3.09 bits per heavy atom. The number of carbonyl (C=O) groups excluding carboxylic acids is 1. The maximum atomic E-state index is 11.2. The lowest BCUT2D eigenvalue weighted by Crippen LogP contribution is -2.20. The molecule has 2 nitrogen and oxygen atoms in total. The number of hydrogen-bond donors (Lipinski definition) is 0. The lowest BCUT2D eigenvalue weighted by Gasteiger charge is -2.15. The largest absolute Gasteiger partial charge is 0.299 e. The highest BCUT2D eigenvalue weighted by Gasteiger charge is 2.19. The molecule has 1 saturated carbocycles. The lowest BCUT2D eigenvalue weighted by molar-refractivity contribution is -0.122. The molecular weight excluding hydrogens is 138 g/mol. The Bertz CT molecular complexity index is 163. The standard InChI is InChI=1S/C9H15NO/c1-2-10-7-8-5-3-4-6-9(8)11/h7-8H,2-6H2,1H3. The predicted molar refractivity (Wildman–Crippen MR) is 46.0 cm³/mol. The van der Waals surface area contributed by atoms with Gasteiger partial charge in [-0.25, -0.2) is 0 Å². The first kappa shape index (κ1) is 8.44. The van der Waals surface area contributed by atoms with Gasteiger partial charge in [0.2, 0.25) is 0 Å². The maximum absolute atomic E-state index is 11.2. The molecule has 0 aromatic carbocycles. The average molecular weight is 153 g/mol. The Morgan fingerprint density at radius 2 is 2.45 bits per heavy atom. The summed E-state index contributed by atoms with van der Waals surface area (Å²) in [5.41, 5.74) is 0. The van der Waals surface area contributed by atoms with Crippen molar-refractivity contribution in [3.63, 3.8) is 0 Å². The number of ketones is 1. The van der Waals surface area contributed by atoms with Crippen LogP contribution in [0.3, 0.4) is 0 Å². The van der Waals surface area contributed by atoms with Crippen LogP contribution in [0.4, 0.5) is 0 Å². The van der Waals surface area contributed by atoms with Crippen LogP contribution in [0.2, 0.25) is 0 Å². The Balaban J connectivity index is 2.41. The Kier molecular flexibility index (Phi) is 3.27. The topological polar surface area (TPSA) is 29.4 Å². The predicted octanol–water partition coefficient (Wildman–Crippen LogP) is 1.84. The first-order chi connectivity index (χ1) is 5.34. The summed E-state index contributed by atoms with van der Waals surface area (Å²) in [4.78, 5) is 15.3. The molecule has 1 rings (SSSR count). The van der Waals surface area contributed by atoms with Crippen molar-refractivity contribution in [2.45, 2.75) is 32.6 Å². The minimum absolute atomic E-state index is 0.142. The van der Waals surface area contributed by atoms with Crippen LogP contribution in [-0.4, -0.2) is 18.5 Å². The summed E-state index contributed by atoms with van der Waals surface area (Å²) in [6.45, 7) is 2.79. The minimum Gasteiger partial charge on any atom is -0.299 e. The van der Waals surface area contributed by atoms with E-state index >= 15 is 0 Å². The van der Waals surface area contributed by atoms with E-state index in [2.05, 4.69) is 4.99 Å². The zero-order valence-electron chi connectivity index (χ0n) is 7.05. The Morgan fingerprint density at radius 1 is 1.64 bits per heavy atom. The first-order valence-corrected chi connectivity index (χ1v) is 4.37. The van der Waals surface area contributed by atoms with Gasteiger partial charge in [0.15, 0.2) is 0 Å². The van der Waals surface area contributed by atoms with Crippen molar-refractivity contribution in [3.8, 4) is 0 Å². The summed E-state index contributed by atoms with van der Waals surface area (Å²) < 4.78 is 0. The minimum atomic E-state index is 0.142. The van der Waals surface area contributed by atoms with Gasteiger partial charge in [-0.05, 0) is 19.8 Å². The van der Waals surface area contributed by atoms with E-state index in [-0.39, 0.29) is 5.92 Å². The van der Waals surface area contributed by atoms with Gasteiger partial charge in [0.1, 0.15) is 5.78 Å². The maximum Gasteiger partial charge on any atom is 0.141 e. The molecule has 0 aromatic rings. The molecule has 62 valence electrons. The van der Waals surface area contributed by atoms with E-state index in [1.54, 1.807) is 0 Å². The number of aliphatic imine (C=N–C) groups is 1. The molecule has 0 saturated heterocycles. The number of nitrogens with zero attached hydrogens (tertiary/aromatic N) is 1. The molecule has 0 heterocycles. The van der Waals surface area contributed by atoms with E-state index in [1.807, 2.05) is 13.1 Å². The van der Waals surface area contributed by atoms with Gasteiger partial charge in [0.05, 0.1) is 5.92 Å². The van der Waals surface area contributed by atoms with Crippen molar-refractivity contribution in [1.29, 1.82) is 0 Å². The molecule has 0 aliphatic heterocycles. The second-order valence-electron chi connectivity index (χ2n) is 2.97. The molecule has 11 heavy (non-hydrogen) atoms. The van der Waals surface area contributed by atoms with E-state index in [0.717, 1.165) is 25.8 Å². The Hall–Kier alpha value is -0.660. The van der Waals surface area contributed by atoms with Crippen molar-refractivity contribution < 1.29 is 4.79 Å². The highest BCUT2D eigenvalue weighted by atomic mass is 16.1. The van der Waals surface area contributed by atoms with Crippen LogP contribution in [0.25, 0.3) is 0 Å². The third kappa shape index (κ3) is 2.45. The summed E-state index contributed by atoms with van der Waals surface area (Å²) >= 11 is 0. The van der Waals surface area contributed by atoms with Crippen molar-refractivity contribution in [2.75, 3.05) is 6.54 Å². The van der Waals surface area contributed by atoms with Gasteiger partial charge in [0, 0.05) is 19.2 Å². The van der Waals surface area contributed by atoms with Gasteiger partial charge < -0.3 is 0 Å². The molecule has 1 atom stereocenters. The van der Waals surface area contributed by atoms with E-state index in [4.69, 9.17) is 0 Å². The van der Waals surface area contributed by atoms with Crippen LogP contribution in [0.5, 0.6) is 0 Å². The van der Waals surface area contributed by atoms with Gasteiger partial charge in [-0.2, -0.15) is 0 Å². The first-order valence-electron chi connectivity index (χ1n) is 4.37. The normalized spacial score (nSPS) is 26.3. The van der Waals surface area contributed by atoms with Crippen LogP contribution in [0, 0.1) is 5.92 Å². The van der Waals surface area contributed by atoms with Crippen LogP contribution >= 0.6 is 0 Å². The summed E-state index contributed by atoms with van der Waals surface area (Å²) in [6.07, 6.45) is 5.88. The van der Waals surface area contributed by atoms with Crippen LogP contribution < -0.4 is 0 Å². The van der Waals surface area contributed by atoms with Gasteiger partial charge in [0.25, 0.3) is 0 Å². The van der Waals surface area contributed by atoms with E-state index in [9.17, 15) is 4.79 Å². The average Bonchev–Trinajstić information content (AvgIpc) is 2.03. The van der Waals surface area contributed by atoms with Gasteiger partial charge >= 0.3 is 0 Å². The molecule has 0 radical (unpaired) electrons. The number of Topliss-reactive ketones (excluding diaryl/α,β-unsaturated/α-hetero) is 1. The van der Waals surface area contributed by atoms with Gasteiger partial charge in [-0.1, -0.05) is 6.42 Å². The second-order valence-corrected chi connectivity index (χ2v) is 2.97. The van der Waals surface area contributed by atoms with Crippen LogP contribution in [-0.2, 0) is 4.79 Å². The van der Waals surface area contributed by atoms with Gasteiger partial charge in [-0.3, -0.25) is 9.79 Å². The molecular formula is C9H15NO. The van der Waals surface area contributed by atoms with Crippen molar-refractivity contribution in [3.05, 3.63) is 0 Å². The molecule has 1 unspecified atom stereocenters. The van der Waals surface area contributed by atoms with Crippen LogP contribution in [0.15, 0.2) is 4.99 Å². The summed E-state index contributed by atoms with van der Waals surface area (Å²) in [7, 11) is 0. The zero-order valence-corrected chi connectivity index (χ0v) is 7.05. The molecule has 0 spiro atoms. The monoisotopic (exact) mass is 153 g/mol. The quantitative estimate of drug-likeness (QED) is 0.556. The van der Waals surface area contributed by atoms with E-state index < -0.39 is 0 Å². The summed E-state index contributed by atoms with van der Waals surface area (Å²) in [5.74, 6) is 0.525. The number of rotatable bonds is 2. The molecule has 1 aliphatic rings. The van der Waals surface area contributed by atoms with Crippen molar-refractivity contribution in [2.24, 2.45) is 10.9 Å². The third-order valence-electron chi connectivity index (χ3n) is 2.07. The molecule has 0 N–H and O–H groups in total. The fraction of sp³-hybridized carbons (Fsp3) is 0.778. The van der Waals surface area contributed by atoms with Crippen LogP contribution in [0.1, 0.15) is 32.6 Å². The third-order valence-corrected chi connectivity index (χ3v) is 2.07. The fourth-order valence-corrected chi connectivity index (χ4v) is 1.40. The smallest absolute Gasteiger partial charge is 0.141 e.